The van der Waals surface area contributed by atoms with E-state index in [9.17, 15) is 0 Å². The van der Waals surface area contributed by atoms with Crippen LogP contribution in [-0.4, -0.2) is 15.0 Å². The van der Waals surface area contributed by atoms with E-state index in [1.54, 1.807) is 24.8 Å². The first-order valence-corrected chi connectivity index (χ1v) is 5.21. The number of nitrogens with two attached hydrogens (primary N) is 1. The van der Waals surface area contributed by atoms with Gasteiger partial charge in [-0.05, 0) is 22.0 Å². The van der Waals surface area contributed by atoms with Gasteiger partial charge in [0.05, 0.1) is 0 Å². The van der Waals surface area contributed by atoms with E-state index in [1.165, 1.54) is 0 Å². The van der Waals surface area contributed by atoms with Crippen LogP contribution in [-0.2, 0) is 6.54 Å². The fourth-order valence-electron chi connectivity index (χ4n) is 1.14. The summed E-state index contributed by atoms with van der Waals surface area (Å²) in [4.78, 5) is 12.5. The Balaban J connectivity index is 2.37. The minimum absolute atomic E-state index is 0.455. The molecule has 2 aromatic rings. The first-order chi connectivity index (χ1) is 7.29. The minimum atomic E-state index is 0.455. The third kappa shape index (κ3) is 2.37. The van der Waals surface area contributed by atoms with Crippen molar-refractivity contribution in [2.45, 2.75) is 6.54 Å². The zero-order valence-electron chi connectivity index (χ0n) is 7.89. The molecule has 0 radical (unpaired) electrons. The summed E-state index contributed by atoms with van der Waals surface area (Å²) in [6.45, 7) is 0.455. The molecule has 2 heterocycles. The van der Waals surface area contributed by atoms with Gasteiger partial charge in [0.15, 0.2) is 5.82 Å². The van der Waals surface area contributed by atoms with Gasteiger partial charge < -0.3 is 5.73 Å². The van der Waals surface area contributed by atoms with Crippen LogP contribution in [0.4, 0.5) is 0 Å². The van der Waals surface area contributed by atoms with E-state index in [4.69, 9.17) is 5.73 Å². The summed E-state index contributed by atoms with van der Waals surface area (Å²) in [7, 11) is 0. The van der Waals surface area contributed by atoms with E-state index in [0.29, 0.717) is 12.4 Å². The Morgan fingerprint density at radius 2 is 1.87 bits per heavy atom. The molecule has 0 unspecified atom stereocenters. The average Bonchev–Trinajstić information content (AvgIpc) is 2.29. The molecule has 0 fully saturated rings. The topological polar surface area (TPSA) is 64.7 Å². The molecule has 0 aliphatic heterocycles. The van der Waals surface area contributed by atoms with Crippen molar-refractivity contribution in [3.63, 3.8) is 0 Å². The van der Waals surface area contributed by atoms with Crippen molar-refractivity contribution in [3.8, 4) is 11.4 Å². The molecule has 0 aliphatic rings. The van der Waals surface area contributed by atoms with E-state index in [1.807, 2.05) is 6.07 Å². The first kappa shape index (κ1) is 10.2. The Kier molecular flexibility index (Phi) is 3.03. The molecule has 2 rings (SSSR count). The summed E-state index contributed by atoms with van der Waals surface area (Å²) >= 11 is 3.35. The fourth-order valence-corrected chi connectivity index (χ4v) is 1.51. The molecule has 2 N–H and O–H groups in total. The van der Waals surface area contributed by atoms with E-state index >= 15 is 0 Å². The molecule has 2 aromatic heterocycles. The quantitative estimate of drug-likeness (QED) is 0.898. The number of pyridine rings is 1. The van der Waals surface area contributed by atoms with Gasteiger partial charge in [-0.3, -0.25) is 4.98 Å². The maximum Gasteiger partial charge on any atom is 0.160 e. The van der Waals surface area contributed by atoms with Crippen LogP contribution in [0.2, 0.25) is 0 Å². The van der Waals surface area contributed by atoms with Crippen LogP contribution in [0.1, 0.15) is 5.56 Å². The van der Waals surface area contributed by atoms with Gasteiger partial charge in [-0.1, -0.05) is 0 Å². The molecular formula is C10H9BrN4. The van der Waals surface area contributed by atoms with E-state index < -0.39 is 0 Å². The van der Waals surface area contributed by atoms with E-state index in [0.717, 1.165) is 15.6 Å². The normalized spacial score (nSPS) is 10.3. The molecule has 0 saturated carbocycles. The van der Waals surface area contributed by atoms with Crippen LogP contribution in [0, 0.1) is 0 Å². The van der Waals surface area contributed by atoms with E-state index in [-0.39, 0.29) is 0 Å². The van der Waals surface area contributed by atoms with Crippen molar-refractivity contribution in [2.24, 2.45) is 5.73 Å². The van der Waals surface area contributed by atoms with Gasteiger partial charge in [0.1, 0.15) is 0 Å². The number of rotatable bonds is 2. The largest absolute Gasteiger partial charge is 0.326 e. The Bertz CT molecular complexity index is 455. The van der Waals surface area contributed by atoms with Crippen LogP contribution in [0.5, 0.6) is 0 Å². The van der Waals surface area contributed by atoms with Crippen LogP contribution < -0.4 is 5.73 Å². The van der Waals surface area contributed by atoms with Gasteiger partial charge in [-0.15, -0.1) is 0 Å². The minimum Gasteiger partial charge on any atom is -0.326 e. The summed E-state index contributed by atoms with van der Waals surface area (Å²) in [6.07, 6.45) is 6.90. The lowest BCUT2D eigenvalue weighted by molar-refractivity contribution is 1.01. The summed E-state index contributed by atoms with van der Waals surface area (Å²) in [5, 5.41) is 0. The second-order valence-corrected chi connectivity index (χ2v) is 3.93. The van der Waals surface area contributed by atoms with Crippen molar-refractivity contribution >= 4 is 15.9 Å². The monoisotopic (exact) mass is 264 g/mol. The number of halogens is 1. The molecule has 15 heavy (non-hydrogen) atoms. The highest BCUT2D eigenvalue weighted by Crippen LogP contribution is 2.17. The van der Waals surface area contributed by atoms with Crippen molar-refractivity contribution in [1.82, 2.24) is 15.0 Å². The molecule has 0 atom stereocenters. The molecule has 0 aromatic carbocycles. The fraction of sp³-hybridized carbons (Fsp3) is 0.100. The van der Waals surface area contributed by atoms with Gasteiger partial charge >= 0.3 is 0 Å². The molecule has 0 bridgehead atoms. The molecule has 0 amide bonds. The van der Waals surface area contributed by atoms with Gasteiger partial charge in [0.25, 0.3) is 0 Å². The highest BCUT2D eigenvalue weighted by atomic mass is 79.9. The highest BCUT2D eigenvalue weighted by Gasteiger charge is 2.01. The first-order valence-electron chi connectivity index (χ1n) is 4.41. The number of hydrogen-bond acceptors (Lipinski definition) is 4. The summed E-state index contributed by atoms with van der Waals surface area (Å²) in [5.74, 6) is 0.654. The second-order valence-electron chi connectivity index (χ2n) is 3.01. The highest BCUT2D eigenvalue weighted by molar-refractivity contribution is 9.10. The van der Waals surface area contributed by atoms with Gasteiger partial charge in [0, 0.05) is 46.9 Å². The third-order valence-electron chi connectivity index (χ3n) is 1.90. The molecule has 0 saturated heterocycles. The van der Waals surface area contributed by atoms with Crippen LogP contribution in [0.25, 0.3) is 11.4 Å². The zero-order valence-corrected chi connectivity index (χ0v) is 9.48. The third-order valence-corrected chi connectivity index (χ3v) is 2.34. The molecule has 0 aliphatic carbocycles. The van der Waals surface area contributed by atoms with Gasteiger partial charge in [0.2, 0.25) is 0 Å². The zero-order chi connectivity index (χ0) is 10.7. The van der Waals surface area contributed by atoms with Gasteiger partial charge in [-0.25, -0.2) is 9.97 Å². The molecule has 4 nitrogen and oxygen atoms in total. The standard InChI is InChI=1S/C10H9BrN4/c11-9-1-8(5-13-6-9)10-14-3-7(2-12)4-15-10/h1,3-6H,2,12H2. The maximum atomic E-state index is 5.46. The Hall–Kier alpha value is -1.33. The number of aromatic nitrogens is 3. The second kappa shape index (κ2) is 4.46. The summed E-state index contributed by atoms with van der Waals surface area (Å²) in [6, 6.07) is 1.92. The lowest BCUT2D eigenvalue weighted by atomic mass is 10.2. The van der Waals surface area contributed by atoms with Crippen molar-refractivity contribution in [3.05, 3.63) is 40.9 Å². The summed E-state index contributed by atoms with van der Waals surface area (Å²) < 4.78 is 0.909. The van der Waals surface area contributed by atoms with Crippen molar-refractivity contribution in [2.75, 3.05) is 0 Å². The number of hydrogen-bond donors (Lipinski definition) is 1. The lowest BCUT2D eigenvalue weighted by Crippen LogP contribution is -1.99. The van der Waals surface area contributed by atoms with Crippen molar-refractivity contribution in [1.29, 1.82) is 0 Å². The Morgan fingerprint density at radius 1 is 1.13 bits per heavy atom. The molecule has 76 valence electrons. The molecule has 0 spiro atoms. The van der Waals surface area contributed by atoms with Gasteiger partial charge in [-0.2, -0.15) is 0 Å². The lowest BCUT2D eigenvalue weighted by Gasteiger charge is -2.00. The van der Waals surface area contributed by atoms with Crippen LogP contribution >= 0.6 is 15.9 Å². The average molecular weight is 265 g/mol. The Morgan fingerprint density at radius 3 is 2.47 bits per heavy atom. The maximum absolute atomic E-state index is 5.46. The summed E-state index contributed by atoms with van der Waals surface area (Å²) in [5.41, 5.74) is 7.26. The predicted molar refractivity (Wildman–Crippen MR) is 60.9 cm³/mol. The number of nitrogens with zero attached hydrogens (tertiary/aromatic N) is 3. The van der Waals surface area contributed by atoms with E-state index in [2.05, 4.69) is 30.9 Å². The Labute approximate surface area is 95.7 Å². The predicted octanol–water partition coefficient (Wildman–Crippen LogP) is 1.76. The van der Waals surface area contributed by atoms with Crippen LogP contribution in [0.3, 0.4) is 0 Å². The SMILES string of the molecule is NCc1cnc(-c2cncc(Br)c2)nc1. The van der Waals surface area contributed by atoms with Crippen molar-refractivity contribution < 1.29 is 0 Å². The smallest absolute Gasteiger partial charge is 0.160 e. The van der Waals surface area contributed by atoms with Crippen LogP contribution in [0.15, 0.2) is 35.3 Å². The molecular weight excluding hydrogens is 256 g/mol. The molecule has 5 heteroatoms.